The van der Waals surface area contributed by atoms with Crippen LogP contribution in [0.5, 0.6) is 17.2 Å². The standard InChI is InChI=1S/C19H21NO5/c1-22-14-10-12(11-15(23-2)18(14)24-3)16-17(19(21)25-4)20(16)13-8-6-5-7-9-13/h5-11,16-17H,1-4H3/t16-,17+,20?/m1/s1. The molecule has 2 atom stereocenters. The van der Waals surface area contributed by atoms with Crippen molar-refractivity contribution in [3.63, 3.8) is 0 Å². The molecule has 0 aliphatic carbocycles. The largest absolute Gasteiger partial charge is 0.493 e. The quantitative estimate of drug-likeness (QED) is 0.594. The summed E-state index contributed by atoms with van der Waals surface area (Å²) in [6.45, 7) is 0. The van der Waals surface area contributed by atoms with Crippen LogP contribution in [0.15, 0.2) is 42.5 Å². The van der Waals surface area contributed by atoms with E-state index in [1.165, 1.54) is 7.11 Å². The minimum absolute atomic E-state index is 0.149. The van der Waals surface area contributed by atoms with Crippen LogP contribution in [0.2, 0.25) is 0 Å². The number of hydrogen-bond acceptors (Lipinski definition) is 6. The van der Waals surface area contributed by atoms with Gasteiger partial charge in [0.05, 0.1) is 34.5 Å². The third kappa shape index (κ3) is 2.95. The predicted octanol–water partition coefficient (Wildman–Crippen LogP) is 2.82. The lowest BCUT2D eigenvalue weighted by Gasteiger charge is -2.14. The van der Waals surface area contributed by atoms with Crippen LogP contribution in [0.1, 0.15) is 11.6 Å². The van der Waals surface area contributed by atoms with E-state index in [0.29, 0.717) is 17.2 Å². The molecule has 0 spiro atoms. The van der Waals surface area contributed by atoms with Gasteiger partial charge in [0.25, 0.3) is 0 Å². The van der Waals surface area contributed by atoms with Gasteiger partial charge in [0.1, 0.15) is 0 Å². The number of esters is 1. The molecule has 1 aliphatic heterocycles. The lowest BCUT2D eigenvalue weighted by molar-refractivity contribution is -0.139. The summed E-state index contributed by atoms with van der Waals surface area (Å²) in [5.41, 5.74) is 1.85. The van der Waals surface area contributed by atoms with Crippen LogP contribution in [-0.4, -0.2) is 40.5 Å². The third-order valence-electron chi connectivity index (χ3n) is 4.33. The van der Waals surface area contributed by atoms with Gasteiger partial charge in [0.15, 0.2) is 17.5 Å². The molecule has 0 unspecified atom stereocenters. The Hall–Kier alpha value is -2.89. The fraction of sp³-hybridized carbons (Fsp3) is 0.316. The van der Waals surface area contributed by atoms with Crippen molar-refractivity contribution in [2.75, 3.05) is 33.3 Å². The number of benzene rings is 2. The molecule has 0 bridgehead atoms. The number of hydrogen-bond donors (Lipinski definition) is 0. The number of para-hydroxylation sites is 1. The Kier molecular flexibility index (Phi) is 4.70. The van der Waals surface area contributed by atoms with E-state index < -0.39 is 0 Å². The van der Waals surface area contributed by atoms with E-state index in [1.54, 1.807) is 21.3 Å². The third-order valence-corrected chi connectivity index (χ3v) is 4.33. The molecule has 2 aromatic carbocycles. The van der Waals surface area contributed by atoms with Gasteiger partial charge < -0.3 is 23.8 Å². The van der Waals surface area contributed by atoms with E-state index in [1.807, 2.05) is 47.4 Å². The summed E-state index contributed by atoms with van der Waals surface area (Å²) in [6, 6.07) is 13.0. The number of carbonyl (C=O) groups excluding carboxylic acids is 1. The van der Waals surface area contributed by atoms with E-state index in [-0.39, 0.29) is 18.1 Å². The molecule has 6 nitrogen and oxygen atoms in total. The molecule has 6 heteroatoms. The minimum Gasteiger partial charge on any atom is -0.493 e. The zero-order chi connectivity index (χ0) is 18.0. The highest BCUT2D eigenvalue weighted by Crippen LogP contribution is 2.50. The van der Waals surface area contributed by atoms with Gasteiger partial charge in [-0.25, -0.2) is 4.79 Å². The molecule has 132 valence electrons. The Morgan fingerprint density at radius 1 is 0.920 bits per heavy atom. The fourth-order valence-electron chi connectivity index (χ4n) is 3.13. The van der Waals surface area contributed by atoms with E-state index in [2.05, 4.69) is 0 Å². The maximum absolute atomic E-state index is 12.2. The van der Waals surface area contributed by atoms with Gasteiger partial charge in [0.2, 0.25) is 5.75 Å². The van der Waals surface area contributed by atoms with Gasteiger partial charge in [-0.2, -0.15) is 0 Å². The SMILES string of the molecule is COC(=O)[C@@H]1[C@@H](c2cc(OC)c(OC)c(OC)c2)N1c1ccccc1. The number of methoxy groups -OCH3 is 4. The van der Waals surface area contributed by atoms with Gasteiger partial charge in [-0.05, 0) is 29.8 Å². The number of anilines is 1. The van der Waals surface area contributed by atoms with Gasteiger partial charge in [-0.1, -0.05) is 18.2 Å². The molecule has 1 saturated heterocycles. The minimum atomic E-state index is -0.379. The summed E-state index contributed by atoms with van der Waals surface area (Å²) < 4.78 is 21.2. The van der Waals surface area contributed by atoms with Crippen LogP contribution in [0.4, 0.5) is 5.69 Å². The molecule has 1 fully saturated rings. The molecular formula is C19H21NO5. The van der Waals surface area contributed by atoms with Gasteiger partial charge in [-0.15, -0.1) is 0 Å². The Morgan fingerprint density at radius 2 is 1.52 bits per heavy atom. The van der Waals surface area contributed by atoms with Crippen molar-refractivity contribution in [3.05, 3.63) is 48.0 Å². The summed E-state index contributed by atoms with van der Waals surface area (Å²) >= 11 is 0. The van der Waals surface area contributed by atoms with Crippen LogP contribution in [0.25, 0.3) is 0 Å². The van der Waals surface area contributed by atoms with E-state index in [9.17, 15) is 4.79 Å². The highest BCUT2D eigenvalue weighted by atomic mass is 16.5. The normalized spacial score (nSPS) is 18.5. The maximum Gasteiger partial charge on any atom is 0.331 e. The van der Waals surface area contributed by atoms with Crippen molar-refractivity contribution in [3.8, 4) is 17.2 Å². The van der Waals surface area contributed by atoms with Crippen molar-refractivity contribution in [2.45, 2.75) is 12.1 Å². The average Bonchev–Trinajstić information content (AvgIpc) is 3.42. The Bertz CT molecular complexity index is 737. The highest BCUT2D eigenvalue weighted by molar-refractivity contribution is 5.89. The number of rotatable bonds is 6. The summed E-state index contributed by atoms with van der Waals surface area (Å²) in [7, 11) is 6.10. The molecule has 0 amide bonds. The molecule has 0 aromatic heterocycles. The van der Waals surface area contributed by atoms with Crippen LogP contribution < -0.4 is 19.1 Å². The molecule has 25 heavy (non-hydrogen) atoms. The summed E-state index contributed by atoms with van der Waals surface area (Å²) in [5.74, 6) is 1.36. The van der Waals surface area contributed by atoms with Crippen molar-refractivity contribution in [1.29, 1.82) is 0 Å². The Morgan fingerprint density at radius 3 is 2.00 bits per heavy atom. The molecule has 0 radical (unpaired) electrons. The number of nitrogens with zero attached hydrogens (tertiary/aromatic N) is 1. The zero-order valence-corrected chi connectivity index (χ0v) is 14.7. The lowest BCUT2D eigenvalue weighted by Crippen LogP contribution is -2.13. The predicted molar refractivity (Wildman–Crippen MR) is 93.6 cm³/mol. The van der Waals surface area contributed by atoms with Crippen LogP contribution in [0.3, 0.4) is 0 Å². The lowest BCUT2D eigenvalue weighted by atomic mass is 10.1. The second kappa shape index (κ2) is 6.93. The van der Waals surface area contributed by atoms with Crippen molar-refractivity contribution in [1.82, 2.24) is 0 Å². The zero-order valence-electron chi connectivity index (χ0n) is 14.7. The highest BCUT2D eigenvalue weighted by Gasteiger charge is 2.54. The molecule has 3 rings (SSSR count). The van der Waals surface area contributed by atoms with Crippen LogP contribution in [0, 0.1) is 0 Å². The first-order valence-corrected chi connectivity index (χ1v) is 7.87. The first kappa shape index (κ1) is 17.0. The topological polar surface area (TPSA) is 57.0 Å². The van der Waals surface area contributed by atoms with Crippen molar-refractivity contribution in [2.24, 2.45) is 0 Å². The molecule has 1 heterocycles. The van der Waals surface area contributed by atoms with Crippen molar-refractivity contribution < 1.29 is 23.7 Å². The molecule has 1 aliphatic rings. The summed E-state index contributed by atoms with van der Waals surface area (Å²) in [4.78, 5) is 14.2. The monoisotopic (exact) mass is 343 g/mol. The smallest absolute Gasteiger partial charge is 0.331 e. The molecule has 0 N–H and O–H groups in total. The van der Waals surface area contributed by atoms with E-state index >= 15 is 0 Å². The summed E-state index contributed by atoms with van der Waals surface area (Å²) in [5, 5.41) is 0. The van der Waals surface area contributed by atoms with E-state index in [0.717, 1.165) is 11.3 Å². The van der Waals surface area contributed by atoms with Gasteiger partial charge in [-0.3, -0.25) is 0 Å². The average molecular weight is 343 g/mol. The second-order valence-corrected chi connectivity index (χ2v) is 5.61. The van der Waals surface area contributed by atoms with Crippen molar-refractivity contribution >= 4 is 11.7 Å². The van der Waals surface area contributed by atoms with Gasteiger partial charge >= 0.3 is 5.97 Å². The molecule has 2 aromatic rings. The first-order valence-electron chi connectivity index (χ1n) is 7.87. The molecule has 0 saturated carbocycles. The number of ether oxygens (including phenoxy) is 4. The second-order valence-electron chi connectivity index (χ2n) is 5.61. The van der Waals surface area contributed by atoms with Gasteiger partial charge in [0, 0.05) is 5.69 Å². The van der Waals surface area contributed by atoms with Crippen LogP contribution in [-0.2, 0) is 9.53 Å². The Balaban J connectivity index is 2.03. The summed E-state index contributed by atoms with van der Waals surface area (Å²) in [6.07, 6.45) is 0. The van der Waals surface area contributed by atoms with E-state index in [4.69, 9.17) is 18.9 Å². The molecular weight excluding hydrogens is 322 g/mol. The number of carbonyl (C=O) groups is 1. The Labute approximate surface area is 146 Å². The first-order chi connectivity index (χ1) is 12.2. The fourth-order valence-corrected chi connectivity index (χ4v) is 3.13. The van der Waals surface area contributed by atoms with Crippen LogP contribution >= 0.6 is 0 Å². The maximum atomic E-state index is 12.2.